The van der Waals surface area contributed by atoms with E-state index in [0.717, 1.165) is 64.2 Å². The van der Waals surface area contributed by atoms with Gasteiger partial charge in [0, 0.05) is 6.42 Å². The fourth-order valence-corrected chi connectivity index (χ4v) is 4.23. The van der Waals surface area contributed by atoms with Gasteiger partial charge in [-0.1, -0.05) is 95.8 Å². The molecule has 3 heteroatoms. The number of esters is 1. The van der Waals surface area contributed by atoms with E-state index in [4.69, 9.17) is 4.74 Å². The van der Waals surface area contributed by atoms with Crippen molar-refractivity contribution in [1.82, 2.24) is 0 Å². The third-order valence-corrected chi connectivity index (χ3v) is 6.62. The first-order valence-electron chi connectivity index (χ1n) is 15.5. The van der Waals surface area contributed by atoms with Gasteiger partial charge in [0.05, 0.1) is 6.10 Å². The van der Waals surface area contributed by atoms with Gasteiger partial charge in [0.1, 0.15) is 6.10 Å². The Morgan fingerprint density at radius 3 is 1.42 bits per heavy atom. The van der Waals surface area contributed by atoms with Gasteiger partial charge < -0.3 is 9.84 Å². The molecule has 0 saturated carbocycles. The summed E-state index contributed by atoms with van der Waals surface area (Å²) in [6.07, 6.45) is 34.7. The van der Waals surface area contributed by atoms with Crippen molar-refractivity contribution in [3.05, 3.63) is 36.5 Å². The highest BCUT2D eigenvalue weighted by Crippen LogP contribution is 2.17. The highest BCUT2D eigenvalue weighted by molar-refractivity contribution is 5.69. The summed E-state index contributed by atoms with van der Waals surface area (Å²) in [6, 6.07) is 0. The molecule has 0 amide bonds. The summed E-state index contributed by atoms with van der Waals surface area (Å²) in [5.41, 5.74) is 0. The van der Waals surface area contributed by atoms with Crippen molar-refractivity contribution in [2.24, 2.45) is 0 Å². The zero-order chi connectivity index (χ0) is 26.5. The molecule has 3 nitrogen and oxygen atoms in total. The molecule has 210 valence electrons. The van der Waals surface area contributed by atoms with E-state index in [1.165, 1.54) is 57.8 Å². The van der Waals surface area contributed by atoms with E-state index >= 15 is 0 Å². The maximum atomic E-state index is 12.5. The van der Waals surface area contributed by atoms with Crippen LogP contribution < -0.4 is 0 Å². The predicted molar refractivity (Wildman–Crippen MR) is 157 cm³/mol. The molecular formula is C33H60O3. The largest absolute Gasteiger partial charge is 0.460 e. The third-order valence-electron chi connectivity index (χ3n) is 6.62. The van der Waals surface area contributed by atoms with Crippen LogP contribution in [0.15, 0.2) is 36.5 Å². The maximum absolute atomic E-state index is 12.5. The Bertz CT molecular complexity index is 549. The smallest absolute Gasteiger partial charge is 0.306 e. The number of carbonyl (C=O) groups excluding carboxylic acids is 1. The molecule has 2 atom stereocenters. The Kier molecular flexibility index (Phi) is 27.2. The summed E-state index contributed by atoms with van der Waals surface area (Å²) in [4.78, 5) is 12.5. The van der Waals surface area contributed by atoms with Gasteiger partial charge in [0.15, 0.2) is 0 Å². The molecule has 1 N–H and O–H groups in total. The van der Waals surface area contributed by atoms with Crippen molar-refractivity contribution in [2.75, 3.05) is 0 Å². The lowest BCUT2D eigenvalue weighted by Gasteiger charge is -2.23. The molecule has 0 heterocycles. The highest BCUT2D eigenvalue weighted by Gasteiger charge is 2.22. The molecule has 0 aromatic rings. The van der Waals surface area contributed by atoms with E-state index < -0.39 is 6.10 Å². The van der Waals surface area contributed by atoms with Crippen molar-refractivity contribution >= 4 is 5.97 Å². The van der Waals surface area contributed by atoms with Gasteiger partial charge in [-0.25, -0.2) is 0 Å². The van der Waals surface area contributed by atoms with Crippen molar-refractivity contribution in [3.63, 3.8) is 0 Å². The normalized spacial score (nSPS) is 13.8. The number of allylic oxidation sites excluding steroid dienone is 6. The standard InChI is InChI=1S/C33H60O3/c1-4-7-10-13-16-19-22-25-28-31(34)32(29-26-23-20-17-14-11-8-5-2)36-33(35)30-27-24-21-18-15-12-9-6-3/h16-21,31-32,34H,4-15,22-30H2,1-3H3/b19-16-,20-17-,21-18-. The summed E-state index contributed by atoms with van der Waals surface area (Å²) < 4.78 is 5.80. The molecular weight excluding hydrogens is 444 g/mol. The summed E-state index contributed by atoms with van der Waals surface area (Å²) in [5, 5.41) is 10.8. The van der Waals surface area contributed by atoms with E-state index in [1.807, 2.05) is 0 Å². The Morgan fingerprint density at radius 1 is 0.583 bits per heavy atom. The molecule has 0 aliphatic rings. The fraction of sp³-hybridized carbons (Fsp3) is 0.788. The lowest BCUT2D eigenvalue weighted by Crippen LogP contribution is -2.31. The summed E-state index contributed by atoms with van der Waals surface area (Å²) >= 11 is 0. The van der Waals surface area contributed by atoms with Gasteiger partial charge in [-0.2, -0.15) is 0 Å². The summed E-state index contributed by atoms with van der Waals surface area (Å²) in [7, 11) is 0. The first kappa shape index (κ1) is 34.6. The molecule has 0 bridgehead atoms. The van der Waals surface area contributed by atoms with Crippen molar-refractivity contribution in [3.8, 4) is 0 Å². The van der Waals surface area contributed by atoms with Crippen molar-refractivity contribution < 1.29 is 14.6 Å². The van der Waals surface area contributed by atoms with E-state index in [9.17, 15) is 9.90 Å². The van der Waals surface area contributed by atoms with Crippen LogP contribution in [0.4, 0.5) is 0 Å². The topological polar surface area (TPSA) is 46.5 Å². The SMILES string of the molecule is CCCCC/C=C\CCCC(=O)OC(CCC/C=C\CCCCC)C(O)CCC/C=C\CCCCC. The summed E-state index contributed by atoms with van der Waals surface area (Å²) in [5.74, 6) is -0.163. The zero-order valence-corrected chi connectivity index (χ0v) is 24.2. The molecule has 0 rings (SSSR count). The molecule has 0 spiro atoms. The van der Waals surface area contributed by atoms with Crippen LogP contribution in [-0.4, -0.2) is 23.3 Å². The highest BCUT2D eigenvalue weighted by atomic mass is 16.6. The number of hydrogen-bond acceptors (Lipinski definition) is 3. The first-order valence-corrected chi connectivity index (χ1v) is 15.5. The van der Waals surface area contributed by atoms with Gasteiger partial charge in [-0.3, -0.25) is 4.79 Å². The Morgan fingerprint density at radius 2 is 0.972 bits per heavy atom. The Balaban J connectivity index is 4.41. The Labute approximate surface area is 224 Å². The number of aliphatic hydroxyl groups excluding tert-OH is 1. The van der Waals surface area contributed by atoms with Crippen LogP contribution >= 0.6 is 0 Å². The lowest BCUT2D eigenvalue weighted by atomic mass is 10.0. The molecule has 36 heavy (non-hydrogen) atoms. The number of carbonyl (C=O) groups is 1. The van der Waals surface area contributed by atoms with Gasteiger partial charge in [-0.05, 0) is 89.9 Å². The average molecular weight is 505 g/mol. The van der Waals surface area contributed by atoms with Crippen LogP contribution in [0.25, 0.3) is 0 Å². The van der Waals surface area contributed by atoms with Crippen LogP contribution in [0.3, 0.4) is 0 Å². The second-order valence-corrected chi connectivity index (χ2v) is 10.3. The van der Waals surface area contributed by atoms with Gasteiger partial charge in [0.2, 0.25) is 0 Å². The Hall–Kier alpha value is -1.35. The predicted octanol–water partition coefficient (Wildman–Crippen LogP) is 10.2. The molecule has 0 fully saturated rings. The minimum Gasteiger partial charge on any atom is -0.460 e. The minimum atomic E-state index is -0.575. The molecule has 0 saturated heterocycles. The second kappa shape index (κ2) is 28.2. The lowest BCUT2D eigenvalue weighted by molar-refractivity contribution is -0.156. The number of unbranched alkanes of at least 4 members (excludes halogenated alkanes) is 12. The molecule has 0 radical (unpaired) electrons. The van der Waals surface area contributed by atoms with Gasteiger partial charge in [0.25, 0.3) is 0 Å². The quantitative estimate of drug-likeness (QED) is 0.0724. The maximum Gasteiger partial charge on any atom is 0.306 e. The van der Waals surface area contributed by atoms with Crippen LogP contribution in [-0.2, 0) is 9.53 Å². The number of rotatable bonds is 26. The number of ether oxygens (including phenoxy) is 1. The second-order valence-electron chi connectivity index (χ2n) is 10.3. The average Bonchev–Trinajstić information content (AvgIpc) is 2.87. The molecule has 2 unspecified atom stereocenters. The molecule has 0 aromatic carbocycles. The van der Waals surface area contributed by atoms with Crippen LogP contribution in [0, 0.1) is 0 Å². The van der Waals surface area contributed by atoms with E-state index in [0.29, 0.717) is 12.8 Å². The minimum absolute atomic E-state index is 0.163. The van der Waals surface area contributed by atoms with Gasteiger partial charge in [-0.15, -0.1) is 0 Å². The molecule has 0 aliphatic heterocycles. The van der Waals surface area contributed by atoms with Crippen LogP contribution in [0.5, 0.6) is 0 Å². The number of hydrogen-bond donors (Lipinski definition) is 1. The van der Waals surface area contributed by atoms with Crippen molar-refractivity contribution in [2.45, 2.75) is 168 Å². The van der Waals surface area contributed by atoms with Gasteiger partial charge >= 0.3 is 5.97 Å². The van der Waals surface area contributed by atoms with E-state index in [1.54, 1.807) is 0 Å². The molecule has 0 aliphatic carbocycles. The zero-order valence-electron chi connectivity index (χ0n) is 24.2. The third kappa shape index (κ3) is 24.3. The fourth-order valence-electron chi connectivity index (χ4n) is 4.23. The number of aliphatic hydroxyl groups is 1. The first-order chi connectivity index (χ1) is 17.7. The van der Waals surface area contributed by atoms with Crippen LogP contribution in [0.1, 0.15) is 156 Å². The van der Waals surface area contributed by atoms with Crippen LogP contribution in [0.2, 0.25) is 0 Å². The van der Waals surface area contributed by atoms with E-state index in [-0.39, 0.29) is 12.1 Å². The van der Waals surface area contributed by atoms with E-state index in [2.05, 4.69) is 57.2 Å². The summed E-state index contributed by atoms with van der Waals surface area (Å²) in [6.45, 7) is 6.67. The monoisotopic (exact) mass is 504 g/mol. The molecule has 0 aromatic heterocycles. The van der Waals surface area contributed by atoms with Crippen molar-refractivity contribution in [1.29, 1.82) is 0 Å².